The van der Waals surface area contributed by atoms with Gasteiger partial charge < -0.3 is 0 Å². The number of anilines is 1. The summed E-state index contributed by atoms with van der Waals surface area (Å²) in [5.74, 6) is -0.0404. The third-order valence-corrected chi connectivity index (χ3v) is 6.96. The Morgan fingerprint density at radius 3 is 2.29 bits per heavy atom. The van der Waals surface area contributed by atoms with Crippen LogP contribution in [0.3, 0.4) is 0 Å². The molecule has 0 spiro atoms. The van der Waals surface area contributed by atoms with Gasteiger partial charge in [-0.15, -0.1) is 11.3 Å². The second-order valence-electron chi connectivity index (χ2n) is 6.90. The third-order valence-electron chi connectivity index (χ3n) is 4.69. The number of carbonyl (C=O) groups excluding carboxylic acids is 1. The third kappa shape index (κ3) is 3.45. The Labute approximate surface area is 172 Å². The van der Waals surface area contributed by atoms with Crippen LogP contribution in [0.25, 0.3) is 10.2 Å². The van der Waals surface area contributed by atoms with Crippen LogP contribution in [0.2, 0.25) is 0 Å². The molecule has 142 valence electrons. The standard InChI is InChI=1S/C22H21N3OS2/c1-13-10-11-14(2)19-18(13)24-22(28-19)25(12-17-8-6-5-7-9-17)21(26)20-15(3)23-16(4)27-20/h5-11H,12H2,1-4H3. The normalized spacial score (nSPS) is 11.1. The summed E-state index contributed by atoms with van der Waals surface area (Å²) in [6, 6.07) is 14.2. The molecule has 2 aromatic heterocycles. The van der Waals surface area contributed by atoms with E-state index in [0.717, 1.165) is 37.2 Å². The quantitative estimate of drug-likeness (QED) is 0.427. The Kier molecular flexibility index (Phi) is 5.00. The minimum absolute atomic E-state index is 0.0404. The molecule has 4 aromatic rings. The van der Waals surface area contributed by atoms with Crippen molar-refractivity contribution in [1.29, 1.82) is 0 Å². The summed E-state index contributed by atoms with van der Waals surface area (Å²) in [5, 5.41) is 1.63. The predicted molar refractivity (Wildman–Crippen MR) is 118 cm³/mol. The number of aryl methyl sites for hydroxylation is 4. The summed E-state index contributed by atoms with van der Waals surface area (Å²) in [4.78, 5) is 25.3. The second kappa shape index (κ2) is 7.45. The van der Waals surface area contributed by atoms with E-state index in [4.69, 9.17) is 4.98 Å². The smallest absolute Gasteiger partial charge is 0.272 e. The summed E-state index contributed by atoms with van der Waals surface area (Å²) in [5.41, 5.74) is 5.13. The van der Waals surface area contributed by atoms with Crippen molar-refractivity contribution < 1.29 is 4.79 Å². The largest absolute Gasteiger partial charge is 0.279 e. The van der Waals surface area contributed by atoms with E-state index in [1.54, 1.807) is 16.2 Å². The van der Waals surface area contributed by atoms with Gasteiger partial charge in [0, 0.05) is 0 Å². The minimum atomic E-state index is -0.0404. The van der Waals surface area contributed by atoms with E-state index in [1.165, 1.54) is 16.9 Å². The molecule has 0 radical (unpaired) electrons. The van der Waals surface area contributed by atoms with E-state index in [1.807, 2.05) is 44.2 Å². The molecule has 4 rings (SSSR count). The molecule has 0 saturated carbocycles. The van der Waals surface area contributed by atoms with Crippen molar-refractivity contribution in [3.8, 4) is 0 Å². The number of fused-ring (bicyclic) bond motifs is 1. The molecule has 2 heterocycles. The predicted octanol–water partition coefficient (Wildman–Crippen LogP) is 5.83. The van der Waals surface area contributed by atoms with Gasteiger partial charge >= 0.3 is 0 Å². The lowest BCUT2D eigenvalue weighted by molar-refractivity contribution is 0.0988. The molecule has 0 aliphatic rings. The SMILES string of the molecule is Cc1nc(C)c(C(=O)N(Cc2ccccc2)c2nc3c(C)ccc(C)c3s2)s1. The Balaban J connectivity index is 1.83. The molecule has 0 aliphatic carbocycles. The van der Waals surface area contributed by atoms with Crippen molar-refractivity contribution in [3.05, 3.63) is 74.7 Å². The molecule has 0 saturated heterocycles. The molecule has 0 aliphatic heterocycles. The van der Waals surface area contributed by atoms with Gasteiger partial charge in [0.15, 0.2) is 5.13 Å². The zero-order valence-corrected chi connectivity index (χ0v) is 17.9. The molecule has 2 aromatic carbocycles. The maximum atomic E-state index is 13.5. The summed E-state index contributed by atoms with van der Waals surface area (Å²) in [7, 11) is 0. The number of thiazole rings is 2. The lowest BCUT2D eigenvalue weighted by Gasteiger charge is -2.19. The average Bonchev–Trinajstić information content (AvgIpc) is 3.27. The lowest BCUT2D eigenvalue weighted by Crippen LogP contribution is -2.30. The number of aromatic nitrogens is 2. The fourth-order valence-corrected chi connectivity index (χ4v) is 5.19. The van der Waals surface area contributed by atoms with E-state index in [-0.39, 0.29) is 5.91 Å². The highest BCUT2D eigenvalue weighted by Crippen LogP contribution is 2.35. The first kappa shape index (κ1) is 18.8. The molecule has 4 nitrogen and oxygen atoms in total. The van der Waals surface area contributed by atoms with Gasteiger partial charge in [0.05, 0.1) is 27.5 Å². The maximum absolute atomic E-state index is 13.5. The molecule has 0 N–H and O–H groups in total. The number of nitrogens with zero attached hydrogens (tertiary/aromatic N) is 3. The van der Waals surface area contributed by atoms with Crippen molar-refractivity contribution >= 4 is 43.9 Å². The molecule has 0 atom stereocenters. The first-order valence-electron chi connectivity index (χ1n) is 9.10. The number of hydrogen-bond acceptors (Lipinski definition) is 5. The number of amides is 1. The number of benzene rings is 2. The van der Waals surface area contributed by atoms with Crippen LogP contribution in [0.15, 0.2) is 42.5 Å². The van der Waals surface area contributed by atoms with Crippen LogP contribution in [0.1, 0.15) is 37.1 Å². The van der Waals surface area contributed by atoms with Gasteiger partial charge in [0.2, 0.25) is 0 Å². The maximum Gasteiger partial charge on any atom is 0.272 e. The van der Waals surface area contributed by atoms with Crippen LogP contribution in [0.4, 0.5) is 5.13 Å². The van der Waals surface area contributed by atoms with Gasteiger partial charge in [-0.05, 0) is 44.4 Å². The van der Waals surface area contributed by atoms with Crippen molar-refractivity contribution in [2.45, 2.75) is 34.2 Å². The average molecular weight is 408 g/mol. The zero-order chi connectivity index (χ0) is 19.8. The van der Waals surface area contributed by atoms with Gasteiger partial charge in [-0.3, -0.25) is 9.69 Å². The molecule has 1 amide bonds. The summed E-state index contributed by atoms with van der Waals surface area (Å²) in [6.45, 7) is 8.45. The Morgan fingerprint density at radius 2 is 1.64 bits per heavy atom. The second-order valence-corrected chi connectivity index (χ2v) is 9.08. The minimum Gasteiger partial charge on any atom is -0.279 e. The monoisotopic (exact) mass is 407 g/mol. The Hall–Kier alpha value is -2.57. The van der Waals surface area contributed by atoms with Crippen LogP contribution in [0.5, 0.6) is 0 Å². The van der Waals surface area contributed by atoms with Crippen LogP contribution < -0.4 is 4.90 Å². The van der Waals surface area contributed by atoms with Crippen LogP contribution in [-0.4, -0.2) is 15.9 Å². The van der Waals surface area contributed by atoms with E-state index < -0.39 is 0 Å². The molecular weight excluding hydrogens is 386 g/mol. The van der Waals surface area contributed by atoms with Gasteiger partial charge in [-0.25, -0.2) is 9.97 Å². The van der Waals surface area contributed by atoms with Crippen LogP contribution in [-0.2, 0) is 6.54 Å². The van der Waals surface area contributed by atoms with E-state index in [9.17, 15) is 4.79 Å². The van der Waals surface area contributed by atoms with Crippen LogP contribution >= 0.6 is 22.7 Å². The fourth-order valence-electron chi connectivity index (χ4n) is 3.21. The van der Waals surface area contributed by atoms with Crippen molar-refractivity contribution in [1.82, 2.24) is 9.97 Å². The van der Waals surface area contributed by atoms with E-state index in [2.05, 4.69) is 31.0 Å². The molecule has 0 unspecified atom stereocenters. The molecule has 0 fully saturated rings. The van der Waals surface area contributed by atoms with E-state index in [0.29, 0.717) is 11.4 Å². The Morgan fingerprint density at radius 1 is 0.929 bits per heavy atom. The molecule has 28 heavy (non-hydrogen) atoms. The van der Waals surface area contributed by atoms with Gasteiger partial charge in [0.25, 0.3) is 5.91 Å². The fraction of sp³-hybridized carbons (Fsp3) is 0.227. The van der Waals surface area contributed by atoms with Crippen molar-refractivity contribution in [2.24, 2.45) is 0 Å². The highest BCUT2D eigenvalue weighted by atomic mass is 32.1. The van der Waals surface area contributed by atoms with Gasteiger partial charge in [0.1, 0.15) is 4.88 Å². The topological polar surface area (TPSA) is 46.1 Å². The van der Waals surface area contributed by atoms with Gasteiger partial charge in [-0.2, -0.15) is 0 Å². The first-order chi connectivity index (χ1) is 13.4. The van der Waals surface area contributed by atoms with Crippen LogP contribution in [0, 0.1) is 27.7 Å². The molecule has 6 heteroatoms. The van der Waals surface area contributed by atoms with Crippen molar-refractivity contribution in [3.63, 3.8) is 0 Å². The number of rotatable bonds is 4. The summed E-state index contributed by atoms with van der Waals surface area (Å²) in [6.07, 6.45) is 0. The first-order valence-corrected chi connectivity index (χ1v) is 10.7. The van der Waals surface area contributed by atoms with E-state index >= 15 is 0 Å². The Bertz CT molecular complexity index is 1120. The summed E-state index contributed by atoms with van der Waals surface area (Å²) >= 11 is 3.02. The van der Waals surface area contributed by atoms with Crippen molar-refractivity contribution in [2.75, 3.05) is 4.90 Å². The highest BCUT2D eigenvalue weighted by molar-refractivity contribution is 7.22. The number of carbonyl (C=O) groups is 1. The number of hydrogen-bond donors (Lipinski definition) is 0. The molecular formula is C22H21N3OS2. The summed E-state index contributed by atoms with van der Waals surface area (Å²) < 4.78 is 1.14. The molecule has 0 bridgehead atoms. The zero-order valence-electron chi connectivity index (χ0n) is 16.3. The van der Waals surface area contributed by atoms with Gasteiger partial charge in [-0.1, -0.05) is 53.8 Å². The highest BCUT2D eigenvalue weighted by Gasteiger charge is 2.25. The lowest BCUT2D eigenvalue weighted by atomic mass is 10.1.